The number of hydrogen-bond donors (Lipinski definition) is 1. The lowest BCUT2D eigenvalue weighted by Gasteiger charge is -2.22. The Balaban J connectivity index is 2.72. The van der Waals surface area contributed by atoms with E-state index >= 15 is 0 Å². The van der Waals surface area contributed by atoms with Crippen molar-refractivity contribution in [3.63, 3.8) is 0 Å². The predicted molar refractivity (Wildman–Crippen MR) is 84.5 cm³/mol. The molecular weight excluding hydrogens is 268 g/mol. The highest BCUT2D eigenvalue weighted by atomic mass is 16.5. The number of aliphatic imine (C=N–C) groups is 1. The second kappa shape index (κ2) is 8.14. The van der Waals surface area contributed by atoms with Gasteiger partial charge in [0.2, 0.25) is 0 Å². The maximum atomic E-state index is 11.2. The Bertz CT molecular complexity index is 488. The first-order valence-electron chi connectivity index (χ1n) is 6.75. The number of hydrogen-bond acceptors (Lipinski definition) is 3. The first-order chi connectivity index (χ1) is 9.93. The van der Waals surface area contributed by atoms with Crippen LogP contribution in [-0.2, 0) is 11.3 Å². The Morgan fingerprint density at radius 3 is 2.48 bits per heavy atom. The molecule has 1 N–H and O–H groups in total. The fourth-order valence-electron chi connectivity index (χ4n) is 1.80. The van der Waals surface area contributed by atoms with Gasteiger partial charge in [0.25, 0.3) is 5.91 Å². The van der Waals surface area contributed by atoms with Crippen LogP contribution >= 0.6 is 0 Å². The summed E-state index contributed by atoms with van der Waals surface area (Å²) in [5.41, 5.74) is 1.03. The Labute approximate surface area is 126 Å². The average molecular weight is 292 g/mol. The van der Waals surface area contributed by atoms with Crippen molar-refractivity contribution in [3.8, 4) is 5.75 Å². The average Bonchev–Trinajstić information content (AvgIpc) is 2.44. The Morgan fingerprint density at radius 2 is 1.90 bits per heavy atom. The number of likely N-dealkylation sites (N-methyl/N-ethyl adjacent to an activating group) is 1. The van der Waals surface area contributed by atoms with Gasteiger partial charge in [-0.05, 0) is 17.7 Å². The molecule has 0 radical (unpaired) electrons. The van der Waals surface area contributed by atoms with E-state index in [1.165, 1.54) is 0 Å². The van der Waals surface area contributed by atoms with Gasteiger partial charge in [0, 0.05) is 35.2 Å². The summed E-state index contributed by atoms with van der Waals surface area (Å²) in [6.07, 6.45) is 0. The normalized spacial score (nSPS) is 9.76. The fraction of sp³-hybridized carbons (Fsp3) is 0.467. The molecule has 116 valence electrons. The SMILES string of the molecule is CNC(=O)COc1cccc(CN=C(N(C)C)N(C)C)c1. The van der Waals surface area contributed by atoms with Crippen molar-refractivity contribution in [1.82, 2.24) is 15.1 Å². The molecule has 0 aliphatic rings. The molecule has 0 fully saturated rings. The molecule has 0 saturated carbocycles. The Hall–Kier alpha value is -2.24. The quantitative estimate of drug-likeness (QED) is 0.644. The third-order valence-corrected chi connectivity index (χ3v) is 2.75. The maximum absolute atomic E-state index is 11.2. The van der Waals surface area contributed by atoms with Crippen LogP contribution < -0.4 is 10.1 Å². The van der Waals surface area contributed by atoms with Gasteiger partial charge < -0.3 is 19.9 Å². The van der Waals surface area contributed by atoms with Crippen LogP contribution in [0, 0.1) is 0 Å². The van der Waals surface area contributed by atoms with Crippen molar-refractivity contribution in [1.29, 1.82) is 0 Å². The Morgan fingerprint density at radius 1 is 1.24 bits per heavy atom. The number of nitrogens with one attached hydrogen (secondary N) is 1. The molecule has 1 aromatic rings. The Kier molecular flexibility index (Phi) is 6.52. The first kappa shape index (κ1) is 16.8. The molecule has 0 atom stereocenters. The molecule has 0 saturated heterocycles. The van der Waals surface area contributed by atoms with Crippen molar-refractivity contribution >= 4 is 11.9 Å². The van der Waals surface area contributed by atoms with E-state index in [9.17, 15) is 4.79 Å². The van der Waals surface area contributed by atoms with Crippen LogP contribution in [0.4, 0.5) is 0 Å². The molecule has 6 nitrogen and oxygen atoms in total. The van der Waals surface area contributed by atoms with Crippen LogP contribution in [0.1, 0.15) is 5.56 Å². The van der Waals surface area contributed by atoms with Gasteiger partial charge in [0.15, 0.2) is 12.6 Å². The lowest BCUT2D eigenvalue weighted by atomic mass is 10.2. The van der Waals surface area contributed by atoms with Crippen LogP contribution in [0.5, 0.6) is 5.75 Å². The zero-order chi connectivity index (χ0) is 15.8. The van der Waals surface area contributed by atoms with E-state index in [1.807, 2.05) is 62.3 Å². The molecule has 1 amide bonds. The summed E-state index contributed by atoms with van der Waals surface area (Å²) in [5.74, 6) is 1.41. The number of nitrogens with zero attached hydrogens (tertiary/aromatic N) is 3. The maximum Gasteiger partial charge on any atom is 0.257 e. The van der Waals surface area contributed by atoms with Crippen LogP contribution in [0.15, 0.2) is 29.3 Å². The third-order valence-electron chi connectivity index (χ3n) is 2.75. The third kappa shape index (κ3) is 5.72. The summed E-state index contributed by atoms with van der Waals surface area (Å²) >= 11 is 0. The number of amides is 1. The van der Waals surface area contributed by atoms with Crippen molar-refractivity contribution in [3.05, 3.63) is 29.8 Å². The van der Waals surface area contributed by atoms with Crippen LogP contribution in [0.3, 0.4) is 0 Å². The van der Waals surface area contributed by atoms with Crippen molar-refractivity contribution in [2.45, 2.75) is 6.54 Å². The van der Waals surface area contributed by atoms with E-state index < -0.39 is 0 Å². The summed E-state index contributed by atoms with van der Waals surface area (Å²) in [7, 11) is 9.42. The van der Waals surface area contributed by atoms with Gasteiger partial charge in [-0.3, -0.25) is 4.79 Å². The standard InChI is InChI=1S/C15H24N4O2/c1-16-14(20)11-21-13-8-6-7-12(9-13)10-17-15(18(2)3)19(4)5/h6-9H,10-11H2,1-5H3,(H,16,20). The molecule has 0 aromatic heterocycles. The molecule has 0 spiro atoms. The van der Waals surface area contributed by atoms with Gasteiger partial charge in [-0.2, -0.15) is 0 Å². The summed E-state index contributed by atoms with van der Waals surface area (Å²) < 4.78 is 5.42. The summed E-state index contributed by atoms with van der Waals surface area (Å²) in [4.78, 5) is 19.7. The second-order valence-electron chi connectivity index (χ2n) is 5.01. The molecule has 6 heteroatoms. The summed E-state index contributed by atoms with van der Waals surface area (Å²) in [5, 5.41) is 2.52. The van der Waals surface area contributed by atoms with Gasteiger partial charge in [-0.15, -0.1) is 0 Å². The zero-order valence-electron chi connectivity index (χ0n) is 13.4. The molecule has 0 bridgehead atoms. The smallest absolute Gasteiger partial charge is 0.257 e. The monoisotopic (exact) mass is 292 g/mol. The highest BCUT2D eigenvalue weighted by molar-refractivity contribution is 5.79. The molecule has 0 unspecified atom stereocenters. The number of guanidine groups is 1. The number of carbonyl (C=O) groups is 1. The zero-order valence-corrected chi connectivity index (χ0v) is 13.4. The largest absolute Gasteiger partial charge is 0.484 e. The minimum absolute atomic E-state index is 0.0177. The van der Waals surface area contributed by atoms with Crippen molar-refractivity contribution in [2.75, 3.05) is 41.8 Å². The molecule has 0 heterocycles. The second-order valence-corrected chi connectivity index (χ2v) is 5.01. The molecule has 1 aromatic carbocycles. The highest BCUT2D eigenvalue weighted by Gasteiger charge is 2.05. The van der Waals surface area contributed by atoms with E-state index in [2.05, 4.69) is 10.3 Å². The minimum atomic E-state index is -0.152. The van der Waals surface area contributed by atoms with Gasteiger partial charge in [-0.25, -0.2) is 4.99 Å². The highest BCUT2D eigenvalue weighted by Crippen LogP contribution is 2.14. The van der Waals surface area contributed by atoms with Crippen molar-refractivity contribution in [2.24, 2.45) is 4.99 Å². The minimum Gasteiger partial charge on any atom is -0.484 e. The number of carbonyl (C=O) groups excluding carboxylic acids is 1. The van der Waals surface area contributed by atoms with Crippen molar-refractivity contribution < 1.29 is 9.53 Å². The molecule has 1 rings (SSSR count). The van der Waals surface area contributed by atoms with E-state index in [0.717, 1.165) is 11.5 Å². The molecule has 21 heavy (non-hydrogen) atoms. The van der Waals surface area contributed by atoms with Gasteiger partial charge in [0.1, 0.15) is 5.75 Å². The summed E-state index contributed by atoms with van der Waals surface area (Å²) in [6.45, 7) is 0.576. The number of rotatable bonds is 5. The topological polar surface area (TPSA) is 57.2 Å². The first-order valence-corrected chi connectivity index (χ1v) is 6.75. The molecule has 0 aliphatic heterocycles. The van der Waals surface area contributed by atoms with Crippen LogP contribution in [0.25, 0.3) is 0 Å². The predicted octanol–water partition coefficient (Wildman–Crippen LogP) is 0.791. The van der Waals surface area contributed by atoms with E-state index in [4.69, 9.17) is 4.74 Å². The van der Waals surface area contributed by atoms with E-state index in [1.54, 1.807) is 7.05 Å². The lowest BCUT2D eigenvalue weighted by Crippen LogP contribution is -2.35. The summed E-state index contributed by atoms with van der Waals surface area (Å²) in [6, 6.07) is 7.61. The number of benzene rings is 1. The van der Waals surface area contributed by atoms with Crippen LogP contribution in [-0.4, -0.2) is 63.5 Å². The lowest BCUT2D eigenvalue weighted by molar-refractivity contribution is -0.122. The van der Waals surface area contributed by atoms with Gasteiger partial charge in [-0.1, -0.05) is 12.1 Å². The fourth-order valence-corrected chi connectivity index (χ4v) is 1.80. The van der Waals surface area contributed by atoms with Gasteiger partial charge >= 0.3 is 0 Å². The van der Waals surface area contributed by atoms with E-state index in [-0.39, 0.29) is 12.5 Å². The van der Waals surface area contributed by atoms with E-state index in [0.29, 0.717) is 12.3 Å². The molecule has 0 aliphatic carbocycles. The van der Waals surface area contributed by atoms with Gasteiger partial charge in [0.05, 0.1) is 6.54 Å². The number of ether oxygens (including phenoxy) is 1. The van der Waals surface area contributed by atoms with Crippen LogP contribution in [0.2, 0.25) is 0 Å². The molecular formula is C15H24N4O2.